The smallest absolute Gasteiger partial charge is 0.412 e. The molecule has 246 valence electrons. The van der Waals surface area contributed by atoms with Gasteiger partial charge >= 0.3 is 12.3 Å². The summed E-state index contributed by atoms with van der Waals surface area (Å²) in [6, 6.07) is 16.9. The average molecular weight is 648 g/mol. The Morgan fingerprint density at radius 3 is 2.33 bits per heavy atom. The molecule has 1 fully saturated rings. The molecule has 3 aromatic carbocycles. The van der Waals surface area contributed by atoms with Crippen LogP contribution in [-0.2, 0) is 20.7 Å². The highest BCUT2D eigenvalue weighted by Crippen LogP contribution is 2.31. The third-order valence-corrected chi connectivity index (χ3v) is 7.43. The number of ether oxygens (including phenoxy) is 3. The van der Waals surface area contributed by atoms with Gasteiger partial charge in [-0.15, -0.1) is 0 Å². The summed E-state index contributed by atoms with van der Waals surface area (Å²) in [5.74, 6) is -1.14. The van der Waals surface area contributed by atoms with Crippen molar-refractivity contribution in [3.05, 3.63) is 107 Å². The minimum Gasteiger partial charge on any atom is -0.497 e. The van der Waals surface area contributed by atoms with Gasteiger partial charge in [0.2, 0.25) is 5.91 Å². The average Bonchev–Trinajstić information content (AvgIpc) is 3.03. The van der Waals surface area contributed by atoms with Gasteiger partial charge in [0.25, 0.3) is 0 Å². The quantitative estimate of drug-likeness (QED) is 0.160. The lowest BCUT2D eigenvalue weighted by Crippen LogP contribution is -2.48. The molecule has 3 unspecified atom stereocenters. The van der Waals surface area contributed by atoms with Crippen molar-refractivity contribution >= 4 is 17.7 Å². The monoisotopic (exact) mass is 647 g/mol. The first kappa shape index (κ1) is 34.4. The number of hydrogen-bond acceptors (Lipinski definition) is 6. The molecular weight excluding hydrogens is 613 g/mol. The number of carbonyl (C=O) groups is 2. The number of anilines is 1. The summed E-state index contributed by atoms with van der Waals surface area (Å²) in [6.45, 7) is 2.34. The third kappa shape index (κ3) is 10.0. The molecule has 4 rings (SSSR count). The maximum Gasteiger partial charge on any atom is 0.412 e. The molecule has 13 heteroatoms. The van der Waals surface area contributed by atoms with Crippen molar-refractivity contribution in [2.45, 2.75) is 43.5 Å². The second kappa shape index (κ2) is 15.7. The zero-order valence-corrected chi connectivity index (χ0v) is 25.0. The summed E-state index contributed by atoms with van der Waals surface area (Å²) in [6.07, 6.45) is -5.64. The van der Waals surface area contributed by atoms with Gasteiger partial charge in [-0.25, -0.2) is 13.6 Å². The second-order valence-corrected chi connectivity index (χ2v) is 10.7. The van der Waals surface area contributed by atoms with Gasteiger partial charge < -0.3 is 30.2 Å². The molecule has 1 saturated heterocycles. The molecule has 0 bridgehead atoms. The number of benzene rings is 3. The van der Waals surface area contributed by atoms with Gasteiger partial charge in [0, 0.05) is 30.1 Å². The molecule has 0 saturated carbocycles. The van der Waals surface area contributed by atoms with E-state index in [1.54, 1.807) is 42.8 Å². The number of alkyl carbamates (subject to hydrolysis) is 1. The Bertz CT molecular complexity index is 1490. The lowest BCUT2D eigenvalue weighted by Gasteiger charge is -2.31. The molecule has 8 nitrogen and oxygen atoms in total. The van der Waals surface area contributed by atoms with Crippen molar-refractivity contribution in [3.63, 3.8) is 0 Å². The van der Waals surface area contributed by atoms with Crippen molar-refractivity contribution in [2.24, 2.45) is 0 Å². The van der Waals surface area contributed by atoms with Crippen LogP contribution >= 0.6 is 0 Å². The fourth-order valence-electron chi connectivity index (χ4n) is 5.00. The van der Waals surface area contributed by atoms with Crippen LogP contribution in [0, 0.1) is 11.6 Å². The number of morpholine rings is 1. The van der Waals surface area contributed by atoms with E-state index < -0.39 is 42.4 Å². The fraction of sp³-hybridized carbons (Fsp3) is 0.333. The Morgan fingerprint density at radius 1 is 1.04 bits per heavy atom. The Morgan fingerprint density at radius 2 is 1.72 bits per heavy atom. The standard InChI is InChI=1S/C33H34F5N3O5/c1-20(46-32(43)40-19-33(36,37)38)30-18-45-25(17-39-30)14-15-26-28(35)4-3-5-29(26)41-31(42)16-27(21-6-10-23(34)11-7-21)22-8-12-24(44-2)13-9-22/h3-13,25,27,30,39H,1,14-19H2,2H3,(H,40,43)(H,41,42). The summed E-state index contributed by atoms with van der Waals surface area (Å²) in [5.41, 5.74) is 2.15. The molecule has 0 radical (unpaired) electrons. The van der Waals surface area contributed by atoms with Gasteiger partial charge in [-0.1, -0.05) is 36.9 Å². The van der Waals surface area contributed by atoms with Crippen molar-refractivity contribution in [2.75, 3.05) is 32.1 Å². The van der Waals surface area contributed by atoms with Crippen LogP contribution in [0.3, 0.4) is 0 Å². The number of carbonyl (C=O) groups excluding carboxylic acids is 2. The highest BCUT2D eigenvalue weighted by Gasteiger charge is 2.30. The molecule has 3 aromatic rings. The Balaban J connectivity index is 1.34. The highest BCUT2D eigenvalue weighted by molar-refractivity contribution is 5.92. The van der Waals surface area contributed by atoms with E-state index in [1.807, 2.05) is 12.1 Å². The van der Waals surface area contributed by atoms with Crippen LogP contribution in [0.1, 0.15) is 35.4 Å². The van der Waals surface area contributed by atoms with E-state index >= 15 is 0 Å². The Labute approximate surface area is 262 Å². The van der Waals surface area contributed by atoms with Crippen molar-refractivity contribution in [3.8, 4) is 5.75 Å². The summed E-state index contributed by atoms with van der Waals surface area (Å²) >= 11 is 0. The molecule has 1 heterocycles. The lowest BCUT2D eigenvalue weighted by molar-refractivity contribution is -0.123. The van der Waals surface area contributed by atoms with Crippen molar-refractivity contribution in [1.82, 2.24) is 10.6 Å². The van der Waals surface area contributed by atoms with E-state index in [4.69, 9.17) is 14.2 Å². The summed E-state index contributed by atoms with van der Waals surface area (Å²) in [7, 11) is 1.55. The highest BCUT2D eigenvalue weighted by atomic mass is 19.4. The number of nitrogens with one attached hydrogen (secondary N) is 3. The van der Waals surface area contributed by atoms with Crippen LogP contribution in [0.25, 0.3) is 0 Å². The largest absolute Gasteiger partial charge is 0.497 e. The number of alkyl halides is 3. The topological polar surface area (TPSA) is 97.9 Å². The van der Waals surface area contributed by atoms with E-state index in [0.29, 0.717) is 23.4 Å². The van der Waals surface area contributed by atoms with E-state index in [9.17, 15) is 31.5 Å². The predicted molar refractivity (Wildman–Crippen MR) is 160 cm³/mol. The summed E-state index contributed by atoms with van der Waals surface area (Å²) in [4.78, 5) is 24.9. The molecule has 3 N–H and O–H groups in total. The van der Waals surface area contributed by atoms with Gasteiger partial charge in [0.15, 0.2) is 0 Å². The zero-order chi connectivity index (χ0) is 33.3. The Kier molecular flexibility index (Phi) is 11.7. The molecule has 0 aliphatic carbocycles. The molecule has 0 spiro atoms. The van der Waals surface area contributed by atoms with Gasteiger partial charge in [0.1, 0.15) is 29.7 Å². The second-order valence-electron chi connectivity index (χ2n) is 10.7. The fourth-order valence-corrected chi connectivity index (χ4v) is 5.00. The number of methoxy groups -OCH3 is 1. The van der Waals surface area contributed by atoms with Crippen LogP contribution in [-0.4, -0.2) is 57.1 Å². The molecule has 0 aromatic heterocycles. The normalized spacial score (nSPS) is 17.1. The lowest BCUT2D eigenvalue weighted by atomic mass is 9.88. The third-order valence-electron chi connectivity index (χ3n) is 7.43. The molecule has 1 aliphatic rings. The summed E-state index contributed by atoms with van der Waals surface area (Å²) < 4.78 is 81.4. The molecule has 1 aliphatic heterocycles. The van der Waals surface area contributed by atoms with E-state index in [0.717, 1.165) is 11.1 Å². The predicted octanol–water partition coefficient (Wildman–Crippen LogP) is 6.23. The minimum atomic E-state index is -4.58. The first-order chi connectivity index (χ1) is 21.9. The van der Waals surface area contributed by atoms with Crippen LogP contribution in [0.5, 0.6) is 5.75 Å². The molecule has 2 amide bonds. The number of hydrogen-bond donors (Lipinski definition) is 3. The maximum atomic E-state index is 15.0. The molecule has 3 atom stereocenters. The van der Waals surface area contributed by atoms with E-state index in [-0.39, 0.29) is 43.8 Å². The van der Waals surface area contributed by atoms with Gasteiger partial charge in [-0.05, 0) is 60.4 Å². The van der Waals surface area contributed by atoms with Gasteiger partial charge in [0.05, 0.1) is 25.9 Å². The number of halogens is 5. The van der Waals surface area contributed by atoms with Gasteiger partial charge in [-0.3, -0.25) is 4.79 Å². The van der Waals surface area contributed by atoms with E-state index in [1.165, 1.54) is 24.3 Å². The Hall–Kier alpha value is -4.49. The number of amides is 2. The SMILES string of the molecule is C=C(OC(=O)NCC(F)(F)F)C1COC(CCc2c(F)cccc2NC(=O)CC(c2ccc(F)cc2)c2ccc(OC)cc2)CN1. The van der Waals surface area contributed by atoms with Crippen LogP contribution in [0.4, 0.5) is 32.4 Å². The van der Waals surface area contributed by atoms with Crippen LogP contribution in [0.2, 0.25) is 0 Å². The van der Waals surface area contributed by atoms with Crippen molar-refractivity contribution in [1.29, 1.82) is 0 Å². The first-order valence-corrected chi connectivity index (χ1v) is 14.4. The van der Waals surface area contributed by atoms with Crippen LogP contribution < -0.4 is 20.7 Å². The number of rotatable bonds is 12. The van der Waals surface area contributed by atoms with Crippen LogP contribution in [0.15, 0.2) is 79.1 Å². The summed E-state index contributed by atoms with van der Waals surface area (Å²) in [5, 5.41) is 7.49. The van der Waals surface area contributed by atoms with Gasteiger partial charge in [-0.2, -0.15) is 13.2 Å². The molecule has 46 heavy (non-hydrogen) atoms. The van der Waals surface area contributed by atoms with E-state index in [2.05, 4.69) is 17.2 Å². The minimum absolute atomic E-state index is 0.00510. The maximum absolute atomic E-state index is 15.0. The zero-order valence-electron chi connectivity index (χ0n) is 25.0. The molecular formula is C33H34F5N3O5. The van der Waals surface area contributed by atoms with Crippen molar-refractivity contribution < 1.29 is 45.8 Å². The first-order valence-electron chi connectivity index (χ1n) is 14.4.